The molecule has 0 saturated heterocycles. The van der Waals surface area contributed by atoms with Gasteiger partial charge in [0.25, 0.3) is 0 Å². The van der Waals surface area contributed by atoms with Gasteiger partial charge < -0.3 is 0 Å². The molecule has 6 aromatic carbocycles. The molecule has 1 aliphatic heterocycles. The first-order valence-electron chi connectivity index (χ1n) is 14.2. The van der Waals surface area contributed by atoms with Crippen molar-refractivity contribution < 1.29 is 0 Å². The Bertz CT molecular complexity index is 2190. The smallest absolute Gasteiger partial charge is 0.113 e. The molecule has 0 atom stereocenters. The first kappa shape index (κ1) is 23.7. The average Bonchev–Trinajstić information content (AvgIpc) is 3.64. The summed E-state index contributed by atoms with van der Waals surface area (Å²) in [6.45, 7) is 5.05. The third kappa shape index (κ3) is 3.43. The molecule has 0 saturated carbocycles. The third-order valence-corrected chi connectivity index (χ3v) is 14.9. The van der Waals surface area contributed by atoms with E-state index in [-0.39, 0.29) is 0 Å². The van der Waals surface area contributed by atoms with Crippen molar-refractivity contribution in [2.75, 3.05) is 0 Å². The van der Waals surface area contributed by atoms with Crippen LogP contribution < -0.4 is 10.4 Å². The van der Waals surface area contributed by atoms with Crippen molar-refractivity contribution in [1.29, 1.82) is 0 Å². The van der Waals surface area contributed by atoms with Gasteiger partial charge in [-0.15, -0.1) is 22.7 Å². The van der Waals surface area contributed by atoms with Crippen LogP contribution in [0.15, 0.2) is 121 Å². The first-order chi connectivity index (χ1) is 20.0. The molecule has 0 nitrogen and oxygen atoms in total. The van der Waals surface area contributed by atoms with E-state index in [0.29, 0.717) is 0 Å². The molecule has 3 heteroatoms. The Morgan fingerprint density at radius 3 is 1.27 bits per heavy atom. The van der Waals surface area contributed by atoms with Gasteiger partial charge in [0.05, 0.1) is 0 Å². The fourth-order valence-electron chi connectivity index (χ4n) is 6.91. The minimum absolute atomic E-state index is 1.31. The molecule has 0 fully saturated rings. The zero-order chi connectivity index (χ0) is 27.3. The lowest BCUT2D eigenvalue weighted by Crippen LogP contribution is -2.49. The molecule has 0 aliphatic carbocycles. The highest BCUT2D eigenvalue weighted by Crippen LogP contribution is 2.39. The van der Waals surface area contributed by atoms with Crippen molar-refractivity contribution in [2.45, 2.75) is 13.1 Å². The topological polar surface area (TPSA) is 0 Å². The lowest BCUT2D eigenvalue weighted by molar-refractivity contribution is 1.66. The van der Waals surface area contributed by atoms with E-state index in [1.165, 1.54) is 73.7 Å². The monoisotopic (exact) mass is 574 g/mol. The number of benzene rings is 6. The molecule has 194 valence electrons. The van der Waals surface area contributed by atoms with Gasteiger partial charge in [0.1, 0.15) is 8.07 Å². The van der Waals surface area contributed by atoms with E-state index < -0.39 is 8.07 Å². The Kier molecular flexibility index (Phi) is 4.90. The maximum absolute atomic E-state index is 2.52. The highest BCUT2D eigenvalue weighted by Gasteiger charge is 2.37. The van der Waals surface area contributed by atoms with Crippen molar-refractivity contribution in [3.8, 4) is 33.4 Å². The van der Waals surface area contributed by atoms with Gasteiger partial charge >= 0.3 is 0 Å². The summed E-state index contributed by atoms with van der Waals surface area (Å²) in [5.74, 6) is 0. The zero-order valence-electron chi connectivity index (χ0n) is 22.9. The van der Waals surface area contributed by atoms with Crippen LogP contribution >= 0.6 is 22.7 Å². The fraction of sp³-hybridized carbons (Fsp3) is 0.0526. The molecule has 0 radical (unpaired) electrons. The summed E-state index contributed by atoms with van der Waals surface area (Å²) in [5.41, 5.74) is 8.11. The van der Waals surface area contributed by atoms with E-state index in [4.69, 9.17) is 0 Å². The maximum atomic E-state index is 2.52. The van der Waals surface area contributed by atoms with Crippen LogP contribution in [-0.4, -0.2) is 8.07 Å². The Balaban J connectivity index is 1.14. The van der Waals surface area contributed by atoms with Gasteiger partial charge in [-0.05, 0) is 80.2 Å². The minimum atomic E-state index is -1.87. The van der Waals surface area contributed by atoms with Crippen LogP contribution in [0.1, 0.15) is 0 Å². The second-order valence-corrected chi connectivity index (χ2v) is 18.3. The molecule has 8 aromatic rings. The van der Waals surface area contributed by atoms with Crippen molar-refractivity contribution in [1.82, 2.24) is 0 Å². The Morgan fingerprint density at radius 2 is 0.780 bits per heavy atom. The van der Waals surface area contributed by atoms with Crippen LogP contribution in [0.5, 0.6) is 0 Å². The highest BCUT2D eigenvalue weighted by molar-refractivity contribution is 7.26. The summed E-state index contributed by atoms with van der Waals surface area (Å²) in [7, 11) is -1.87. The van der Waals surface area contributed by atoms with E-state index in [1.54, 1.807) is 10.4 Å². The lowest BCUT2D eigenvalue weighted by atomic mass is 9.97. The number of hydrogen-bond donors (Lipinski definition) is 0. The zero-order valence-corrected chi connectivity index (χ0v) is 25.5. The van der Waals surface area contributed by atoms with Crippen LogP contribution in [0.3, 0.4) is 0 Å². The SMILES string of the molecule is C[Si]1(C)c2cc(-c3ccc4sc5ccccc5c4c3)ccc2-c2ccc(-c3ccc4sc5ccccc5c4c3)cc21. The van der Waals surface area contributed by atoms with Gasteiger partial charge in [-0.2, -0.15) is 0 Å². The van der Waals surface area contributed by atoms with Crippen LogP contribution in [0.25, 0.3) is 73.7 Å². The summed E-state index contributed by atoms with van der Waals surface area (Å²) in [4.78, 5) is 0. The molecule has 0 unspecified atom stereocenters. The normalized spacial score (nSPS) is 13.8. The molecule has 1 aliphatic rings. The van der Waals surface area contributed by atoms with E-state index in [1.807, 2.05) is 22.7 Å². The highest BCUT2D eigenvalue weighted by atomic mass is 32.1. The largest absolute Gasteiger partial charge is 0.135 e. The van der Waals surface area contributed by atoms with Gasteiger partial charge in [0.2, 0.25) is 0 Å². The summed E-state index contributed by atoms with van der Waals surface area (Å²) < 4.78 is 5.44. The van der Waals surface area contributed by atoms with Crippen molar-refractivity contribution in [2.24, 2.45) is 0 Å². The predicted molar refractivity (Wildman–Crippen MR) is 185 cm³/mol. The van der Waals surface area contributed by atoms with Crippen molar-refractivity contribution in [3.63, 3.8) is 0 Å². The second kappa shape index (κ2) is 8.50. The van der Waals surface area contributed by atoms with Gasteiger partial charge in [-0.1, -0.05) is 98.0 Å². The number of rotatable bonds is 2. The van der Waals surface area contributed by atoms with Crippen molar-refractivity contribution in [3.05, 3.63) is 121 Å². The molecule has 2 aromatic heterocycles. The fourth-order valence-corrected chi connectivity index (χ4v) is 12.2. The summed E-state index contributed by atoms with van der Waals surface area (Å²) in [6, 6.07) is 46.0. The molecule has 0 bridgehead atoms. The Labute approximate surface area is 248 Å². The van der Waals surface area contributed by atoms with E-state index in [2.05, 4.69) is 134 Å². The quantitative estimate of drug-likeness (QED) is 0.180. The molecule has 3 heterocycles. The number of hydrogen-bond acceptors (Lipinski definition) is 2. The third-order valence-electron chi connectivity index (χ3n) is 9.10. The Hall–Kier alpha value is -4.02. The van der Waals surface area contributed by atoms with E-state index >= 15 is 0 Å². The van der Waals surface area contributed by atoms with Gasteiger partial charge in [-0.3, -0.25) is 0 Å². The van der Waals surface area contributed by atoms with Gasteiger partial charge in [0.15, 0.2) is 0 Å². The predicted octanol–water partition coefficient (Wildman–Crippen LogP) is 10.6. The van der Waals surface area contributed by atoms with E-state index in [9.17, 15) is 0 Å². The van der Waals surface area contributed by atoms with Crippen LogP contribution in [0, 0.1) is 0 Å². The molecular weight excluding hydrogens is 549 g/mol. The van der Waals surface area contributed by atoms with Crippen LogP contribution in [-0.2, 0) is 0 Å². The molecule has 9 rings (SSSR count). The second-order valence-electron chi connectivity index (χ2n) is 11.8. The summed E-state index contributed by atoms with van der Waals surface area (Å²) >= 11 is 3.77. The van der Waals surface area contributed by atoms with Crippen LogP contribution in [0.4, 0.5) is 0 Å². The average molecular weight is 575 g/mol. The van der Waals surface area contributed by atoms with Gasteiger partial charge in [0, 0.05) is 40.3 Å². The molecule has 0 N–H and O–H groups in total. The van der Waals surface area contributed by atoms with E-state index in [0.717, 1.165) is 0 Å². The number of fused-ring (bicyclic) bond motifs is 9. The van der Waals surface area contributed by atoms with Gasteiger partial charge in [-0.25, -0.2) is 0 Å². The number of thiophene rings is 2. The lowest BCUT2D eigenvalue weighted by Gasteiger charge is -2.20. The maximum Gasteiger partial charge on any atom is 0.113 e. The summed E-state index contributed by atoms with van der Waals surface area (Å²) in [6.07, 6.45) is 0. The molecule has 0 amide bonds. The molecule has 0 spiro atoms. The summed E-state index contributed by atoms with van der Waals surface area (Å²) in [5, 5.41) is 8.55. The minimum Gasteiger partial charge on any atom is -0.135 e. The molecular formula is C38H26S2Si. The molecule has 41 heavy (non-hydrogen) atoms. The first-order valence-corrected chi connectivity index (χ1v) is 18.8. The standard InChI is InChI=1S/C38H26S2Si/c1-41(2)37-21-25(23-13-17-35-31(19-23)27-7-3-5-9-33(27)39-35)11-15-29(37)30-16-12-26(22-38(30)41)24-14-18-36-32(20-24)28-8-4-6-10-34(28)40-36/h3-22H,1-2H3. The van der Waals surface area contributed by atoms with Crippen LogP contribution in [0.2, 0.25) is 13.1 Å². The van der Waals surface area contributed by atoms with Crippen molar-refractivity contribution >= 4 is 81.5 Å². The Morgan fingerprint density at radius 1 is 0.390 bits per heavy atom.